The van der Waals surface area contributed by atoms with Crippen molar-refractivity contribution in [2.24, 2.45) is 5.92 Å². The Balaban J connectivity index is 2.39. The second-order valence-corrected chi connectivity index (χ2v) is 2.64. The van der Waals surface area contributed by atoms with Crippen molar-refractivity contribution >= 4 is 5.97 Å². The summed E-state index contributed by atoms with van der Waals surface area (Å²) in [6.45, 7) is 2.90. The molecule has 0 saturated carbocycles. The van der Waals surface area contributed by atoms with E-state index in [1.807, 2.05) is 0 Å². The number of aliphatic carboxylic acids is 1. The molecule has 0 bridgehead atoms. The monoisotopic (exact) mass is 129 g/mol. The van der Waals surface area contributed by atoms with Gasteiger partial charge in [-0.05, 0) is 18.9 Å². The molecule has 1 rings (SSSR count). The Bertz CT molecular complexity index is 124. The van der Waals surface area contributed by atoms with Crippen LogP contribution in [0.1, 0.15) is 13.3 Å². The third-order valence-corrected chi connectivity index (χ3v) is 1.65. The minimum atomic E-state index is -0.723. The minimum Gasteiger partial charge on any atom is -0.480 e. The number of carboxylic acids is 1. The van der Waals surface area contributed by atoms with Crippen molar-refractivity contribution in [1.82, 2.24) is 5.32 Å². The normalized spacial score (nSPS) is 34.8. The maximum Gasteiger partial charge on any atom is 0.320 e. The zero-order chi connectivity index (χ0) is 6.85. The van der Waals surface area contributed by atoms with E-state index < -0.39 is 5.97 Å². The zero-order valence-electron chi connectivity index (χ0n) is 5.42. The lowest BCUT2D eigenvalue weighted by Crippen LogP contribution is -2.29. The quantitative estimate of drug-likeness (QED) is 0.526. The van der Waals surface area contributed by atoms with Crippen LogP contribution in [0.3, 0.4) is 0 Å². The van der Waals surface area contributed by atoms with Gasteiger partial charge in [-0.3, -0.25) is 4.79 Å². The van der Waals surface area contributed by atoms with E-state index in [2.05, 4.69) is 12.2 Å². The van der Waals surface area contributed by atoms with Gasteiger partial charge in [0.05, 0.1) is 0 Å². The Kier molecular flexibility index (Phi) is 1.71. The highest BCUT2D eigenvalue weighted by atomic mass is 16.4. The van der Waals surface area contributed by atoms with Crippen LogP contribution in [0.2, 0.25) is 0 Å². The molecule has 0 aromatic carbocycles. The summed E-state index contributed by atoms with van der Waals surface area (Å²) >= 11 is 0. The third kappa shape index (κ3) is 1.42. The Morgan fingerprint density at radius 3 is 2.67 bits per heavy atom. The molecule has 52 valence electrons. The fraction of sp³-hybridized carbons (Fsp3) is 0.833. The van der Waals surface area contributed by atoms with Crippen LogP contribution in [-0.2, 0) is 4.79 Å². The molecule has 9 heavy (non-hydrogen) atoms. The highest BCUT2D eigenvalue weighted by Crippen LogP contribution is 2.11. The van der Waals surface area contributed by atoms with Crippen LogP contribution in [0.25, 0.3) is 0 Å². The van der Waals surface area contributed by atoms with Gasteiger partial charge in [-0.1, -0.05) is 6.92 Å². The molecule has 2 atom stereocenters. The SMILES string of the molecule is C[C@H]1CN[C@@H](C(=O)O)C1. The van der Waals surface area contributed by atoms with Crippen LogP contribution in [-0.4, -0.2) is 23.7 Å². The molecule has 2 N–H and O–H groups in total. The van der Waals surface area contributed by atoms with E-state index >= 15 is 0 Å². The van der Waals surface area contributed by atoms with Gasteiger partial charge < -0.3 is 10.4 Å². The first kappa shape index (κ1) is 6.55. The second-order valence-electron chi connectivity index (χ2n) is 2.64. The highest BCUT2D eigenvalue weighted by molar-refractivity contribution is 5.73. The fourth-order valence-electron chi connectivity index (χ4n) is 1.10. The van der Waals surface area contributed by atoms with E-state index in [1.54, 1.807) is 0 Å². The topological polar surface area (TPSA) is 49.3 Å². The number of rotatable bonds is 1. The lowest BCUT2D eigenvalue weighted by atomic mass is 10.1. The molecular weight excluding hydrogens is 118 g/mol. The molecule has 3 heteroatoms. The molecule has 1 aliphatic heterocycles. The number of carboxylic acid groups (broad SMARTS) is 1. The number of nitrogens with one attached hydrogen (secondary N) is 1. The van der Waals surface area contributed by atoms with Gasteiger partial charge in [-0.15, -0.1) is 0 Å². The molecule has 0 aromatic rings. The number of carbonyl (C=O) groups is 1. The Hall–Kier alpha value is -0.570. The summed E-state index contributed by atoms with van der Waals surface area (Å²) in [5, 5.41) is 11.4. The Morgan fingerprint density at radius 1 is 1.78 bits per heavy atom. The predicted octanol–water partition coefficient (Wildman–Crippen LogP) is 0.0690. The summed E-state index contributed by atoms with van der Waals surface area (Å²) in [5.41, 5.74) is 0. The van der Waals surface area contributed by atoms with Crippen LogP contribution in [0.15, 0.2) is 0 Å². The smallest absolute Gasteiger partial charge is 0.320 e. The van der Waals surface area contributed by atoms with Gasteiger partial charge in [-0.2, -0.15) is 0 Å². The zero-order valence-corrected chi connectivity index (χ0v) is 5.42. The molecule has 1 aliphatic rings. The molecule has 1 heterocycles. The second kappa shape index (κ2) is 2.35. The van der Waals surface area contributed by atoms with Gasteiger partial charge >= 0.3 is 5.97 Å². The van der Waals surface area contributed by atoms with Crippen LogP contribution < -0.4 is 5.32 Å². The molecule has 0 radical (unpaired) electrons. The van der Waals surface area contributed by atoms with Crippen molar-refractivity contribution < 1.29 is 9.90 Å². The average molecular weight is 129 g/mol. The van der Waals surface area contributed by atoms with Crippen molar-refractivity contribution in [3.63, 3.8) is 0 Å². The summed E-state index contributed by atoms with van der Waals surface area (Å²) in [6.07, 6.45) is 0.773. The maximum atomic E-state index is 10.3. The van der Waals surface area contributed by atoms with E-state index in [-0.39, 0.29) is 6.04 Å². The van der Waals surface area contributed by atoms with Crippen LogP contribution >= 0.6 is 0 Å². The van der Waals surface area contributed by atoms with Gasteiger partial charge in [-0.25, -0.2) is 0 Å². The summed E-state index contributed by atoms with van der Waals surface area (Å²) in [7, 11) is 0. The van der Waals surface area contributed by atoms with Crippen LogP contribution in [0.5, 0.6) is 0 Å². The van der Waals surface area contributed by atoms with Gasteiger partial charge in [0, 0.05) is 0 Å². The van der Waals surface area contributed by atoms with E-state index in [4.69, 9.17) is 5.11 Å². The van der Waals surface area contributed by atoms with Crippen LogP contribution in [0, 0.1) is 5.92 Å². The van der Waals surface area contributed by atoms with Gasteiger partial charge in [0.1, 0.15) is 6.04 Å². The van der Waals surface area contributed by atoms with E-state index in [1.165, 1.54) is 0 Å². The number of hydrogen-bond acceptors (Lipinski definition) is 2. The van der Waals surface area contributed by atoms with E-state index in [9.17, 15) is 4.79 Å². The predicted molar refractivity (Wildman–Crippen MR) is 33.2 cm³/mol. The Morgan fingerprint density at radius 2 is 2.44 bits per heavy atom. The fourth-order valence-corrected chi connectivity index (χ4v) is 1.10. The summed E-state index contributed by atoms with van der Waals surface area (Å²) in [5.74, 6) is -0.203. The molecule has 0 aliphatic carbocycles. The third-order valence-electron chi connectivity index (χ3n) is 1.65. The van der Waals surface area contributed by atoms with Crippen molar-refractivity contribution in [3.8, 4) is 0 Å². The standard InChI is InChI=1S/C6H11NO2/c1-4-2-5(6(8)9)7-3-4/h4-5,7H,2-3H2,1H3,(H,8,9)/t4-,5-/m1/s1. The largest absolute Gasteiger partial charge is 0.480 e. The molecule has 0 aromatic heterocycles. The summed E-state index contributed by atoms with van der Waals surface area (Å²) < 4.78 is 0. The lowest BCUT2D eigenvalue weighted by Gasteiger charge is -2.00. The molecule has 1 saturated heterocycles. The lowest BCUT2D eigenvalue weighted by molar-refractivity contribution is -0.139. The molecule has 0 amide bonds. The summed E-state index contributed by atoms with van der Waals surface area (Å²) in [6, 6.07) is -0.292. The molecule has 0 unspecified atom stereocenters. The van der Waals surface area contributed by atoms with Gasteiger partial charge in [0.2, 0.25) is 0 Å². The van der Waals surface area contributed by atoms with Crippen molar-refractivity contribution in [3.05, 3.63) is 0 Å². The minimum absolute atomic E-state index is 0.292. The summed E-state index contributed by atoms with van der Waals surface area (Å²) in [4.78, 5) is 10.3. The average Bonchev–Trinajstić information content (AvgIpc) is 2.14. The molecule has 3 nitrogen and oxygen atoms in total. The number of hydrogen-bond donors (Lipinski definition) is 2. The first-order valence-electron chi connectivity index (χ1n) is 3.16. The maximum absolute atomic E-state index is 10.3. The van der Waals surface area contributed by atoms with E-state index in [0.29, 0.717) is 5.92 Å². The molecule has 0 spiro atoms. The molecular formula is C6H11NO2. The van der Waals surface area contributed by atoms with Crippen LogP contribution in [0.4, 0.5) is 0 Å². The van der Waals surface area contributed by atoms with Crippen molar-refractivity contribution in [1.29, 1.82) is 0 Å². The van der Waals surface area contributed by atoms with Gasteiger partial charge in [0.15, 0.2) is 0 Å². The first-order chi connectivity index (χ1) is 4.20. The van der Waals surface area contributed by atoms with Gasteiger partial charge in [0.25, 0.3) is 0 Å². The highest BCUT2D eigenvalue weighted by Gasteiger charge is 2.25. The van der Waals surface area contributed by atoms with Crippen molar-refractivity contribution in [2.45, 2.75) is 19.4 Å². The Labute approximate surface area is 54.1 Å². The molecule has 1 fully saturated rings. The van der Waals surface area contributed by atoms with E-state index in [0.717, 1.165) is 13.0 Å². The van der Waals surface area contributed by atoms with Crippen molar-refractivity contribution in [2.75, 3.05) is 6.54 Å². The first-order valence-corrected chi connectivity index (χ1v) is 3.16.